The molecule has 0 fully saturated rings. The molecule has 0 saturated heterocycles. The van der Waals surface area contributed by atoms with Gasteiger partial charge in [-0.2, -0.15) is 0 Å². The second-order valence-corrected chi connectivity index (χ2v) is 2.99. The summed E-state index contributed by atoms with van der Waals surface area (Å²) in [5, 5.41) is -0.265. The molecular formula is C9H10ClNO. The van der Waals surface area contributed by atoms with Gasteiger partial charge in [-0.1, -0.05) is 6.07 Å². The molecular weight excluding hydrogens is 174 g/mol. The third kappa shape index (κ3) is 3.49. The Morgan fingerprint density at radius 3 is 3.00 bits per heavy atom. The van der Waals surface area contributed by atoms with Crippen molar-refractivity contribution in [2.45, 2.75) is 19.3 Å². The molecule has 0 bridgehead atoms. The second-order valence-electron chi connectivity index (χ2n) is 2.57. The van der Waals surface area contributed by atoms with Gasteiger partial charge >= 0.3 is 0 Å². The monoisotopic (exact) mass is 183 g/mol. The zero-order valence-corrected chi connectivity index (χ0v) is 7.42. The van der Waals surface area contributed by atoms with Crippen LogP contribution in [0.2, 0.25) is 0 Å². The average Bonchev–Trinajstić information content (AvgIpc) is 2.05. The molecule has 1 rings (SSSR count). The highest BCUT2D eigenvalue weighted by molar-refractivity contribution is 6.63. The van der Waals surface area contributed by atoms with Gasteiger partial charge in [0.2, 0.25) is 5.24 Å². The van der Waals surface area contributed by atoms with Gasteiger partial charge in [0.25, 0.3) is 0 Å². The maximum atomic E-state index is 10.4. The maximum absolute atomic E-state index is 10.4. The Labute approximate surface area is 76.6 Å². The molecule has 3 heteroatoms. The van der Waals surface area contributed by atoms with Crippen LogP contribution >= 0.6 is 11.6 Å². The van der Waals surface area contributed by atoms with E-state index in [0.717, 1.165) is 18.4 Å². The quantitative estimate of drug-likeness (QED) is 0.670. The topological polar surface area (TPSA) is 30.0 Å². The third-order valence-electron chi connectivity index (χ3n) is 1.56. The highest BCUT2D eigenvalue weighted by Crippen LogP contribution is 2.03. The molecule has 0 aliphatic carbocycles. The summed E-state index contributed by atoms with van der Waals surface area (Å²) in [6.45, 7) is 0. The van der Waals surface area contributed by atoms with E-state index in [2.05, 4.69) is 4.98 Å². The fraction of sp³-hybridized carbons (Fsp3) is 0.333. The Hall–Kier alpha value is -0.890. The van der Waals surface area contributed by atoms with E-state index in [0.29, 0.717) is 6.42 Å². The van der Waals surface area contributed by atoms with Crippen LogP contribution in [-0.4, -0.2) is 10.2 Å². The molecule has 12 heavy (non-hydrogen) atoms. The van der Waals surface area contributed by atoms with Crippen molar-refractivity contribution in [3.63, 3.8) is 0 Å². The number of hydrogen-bond acceptors (Lipinski definition) is 2. The maximum Gasteiger partial charge on any atom is 0.221 e. The Morgan fingerprint density at radius 1 is 1.58 bits per heavy atom. The lowest BCUT2D eigenvalue weighted by Crippen LogP contribution is -1.90. The fourth-order valence-electron chi connectivity index (χ4n) is 0.978. The van der Waals surface area contributed by atoms with Crippen molar-refractivity contribution in [1.82, 2.24) is 4.98 Å². The Balaban J connectivity index is 2.29. The zero-order valence-electron chi connectivity index (χ0n) is 6.66. The van der Waals surface area contributed by atoms with E-state index in [4.69, 9.17) is 11.6 Å². The number of pyridine rings is 1. The van der Waals surface area contributed by atoms with Crippen LogP contribution in [0.5, 0.6) is 0 Å². The smallest absolute Gasteiger partial charge is 0.221 e. The first-order valence-corrected chi connectivity index (χ1v) is 4.24. The van der Waals surface area contributed by atoms with E-state index in [1.807, 2.05) is 12.1 Å². The molecule has 0 amide bonds. The third-order valence-corrected chi connectivity index (χ3v) is 1.75. The zero-order chi connectivity index (χ0) is 8.81. The van der Waals surface area contributed by atoms with E-state index in [1.54, 1.807) is 12.4 Å². The molecule has 2 nitrogen and oxygen atoms in total. The van der Waals surface area contributed by atoms with Crippen LogP contribution in [0.1, 0.15) is 18.4 Å². The van der Waals surface area contributed by atoms with Crippen LogP contribution in [0, 0.1) is 0 Å². The molecule has 1 aromatic rings. The van der Waals surface area contributed by atoms with Crippen molar-refractivity contribution in [2.24, 2.45) is 0 Å². The molecule has 1 aromatic heterocycles. The Kier molecular flexibility index (Phi) is 3.74. The molecule has 0 aromatic carbocycles. The van der Waals surface area contributed by atoms with E-state index in [-0.39, 0.29) is 5.24 Å². The van der Waals surface area contributed by atoms with E-state index >= 15 is 0 Å². The standard InChI is InChI=1S/C9H10ClNO/c10-9(12)5-1-3-8-4-2-6-11-7-8/h2,4,6-7H,1,3,5H2. The molecule has 0 atom stereocenters. The Morgan fingerprint density at radius 2 is 2.42 bits per heavy atom. The van der Waals surface area contributed by atoms with Gasteiger partial charge in [-0.05, 0) is 36.1 Å². The normalized spacial score (nSPS) is 9.75. The molecule has 0 aliphatic heterocycles. The number of hydrogen-bond donors (Lipinski definition) is 0. The van der Waals surface area contributed by atoms with Crippen LogP contribution in [-0.2, 0) is 11.2 Å². The van der Waals surface area contributed by atoms with Gasteiger partial charge in [-0.25, -0.2) is 0 Å². The van der Waals surface area contributed by atoms with Gasteiger partial charge in [-0.15, -0.1) is 0 Å². The Bertz CT molecular complexity index is 248. The number of aryl methyl sites for hydroxylation is 1. The SMILES string of the molecule is O=C(Cl)CCCc1cccnc1. The summed E-state index contributed by atoms with van der Waals surface area (Å²) in [6.07, 6.45) is 5.64. The largest absolute Gasteiger partial charge is 0.281 e. The number of nitrogens with zero attached hydrogens (tertiary/aromatic N) is 1. The minimum Gasteiger partial charge on any atom is -0.281 e. The van der Waals surface area contributed by atoms with Crippen molar-refractivity contribution in [2.75, 3.05) is 0 Å². The molecule has 0 N–H and O–H groups in total. The van der Waals surface area contributed by atoms with Gasteiger partial charge in [0, 0.05) is 18.8 Å². The first-order valence-electron chi connectivity index (χ1n) is 3.86. The molecule has 0 saturated carbocycles. The second kappa shape index (κ2) is 4.88. The van der Waals surface area contributed by atoms with Gasteiger partial charge in [0.05, 0.1) is 0 Å². The van der Waals surface area contributed by atoms with Gasteiger partial charge in [0.1, 0.15) is 0 Å². The number of carbonyl (C=O) groups excluding carboxylic acids is 1. The number of halogens is 1. The summed E-state index contributed by atoms with van der Waals surface area (Å²) in [7, 11) is 0. The van der Waals surface area contributed by atoms with Crippen LogP contribution in [0.3, 0.4) is 0 Å². The minimum absolute atomic E-state index is 0.265. The summed E-state index contributed by atoms with van der Waals surface area (Å²) in [6, 6.07) is 3.88. The first-order chi connectivity index (χ1) is 5.79. The van der Waals surface area contributed by atoms with Crippen LogP contribution < -0.4 is 0 Å². The highest BCUT2D eigenvalue weighted by Gasteiger charge is 1.96. The van der Waals surface area contributed by atoms with Gasteiger partial charge < -0.3 is 0 Å². The molecule has 1 heterocycles. The number of carbonyl (C=O) groups is 1. The summed E-state index contributed by atoms with van der Waals surface area (Å²) >= 11 is 5.19. The number of rotatable bonds is 4. The lowest BCUT2D eigenvalue weighted by Gasteiger charge is -1.96. The van der Waals surface area contributed by atoms with Crippen LogP contribution in [0.25, 0.3) is 0 Å². The summed E-state index contributed by atoms with van der Waals surface area (Å²) in [5.74, 6) is 0. The van der Waals surface area contributed by atoms with Crippen LogP contribution in [0.4, 0.5) is 0 Å². The van der Waals surface area contributed by atoms with Crippen LogP contribution in [0.15, 0.2) is 24.5 Å². The lowest BCUT2D eigenvalue weighted by molar-refractivity contribution is -0.111. The van der Waals surface area contributed by atoms with Gasteiger partial charge in [0.15, 0.2) is 0 Å². The molecule has 64 valence electrons. The lowest BCUT2D eigenvalue weighted by atomic mass is 10.1. The predicted octanol–water partition coefficient (Wildman–Crippen LogP) is 2.17. The first kappa shape index (κ1) is 9.20. The predicted molar refractivity (Wildman–Crippen MR) is 48.0 cm³/mol. The molecule has 0 spiro atoms. The summed E-state index contributed by atoms with van der Waals surface area (Å²) < 4.78 is 0. The fourth-order valence-corrected chi connectivity index (χ4v) is 1.11. The van der Waals surface area contributed by atoms with Crippen molar-refractivity contribution >= 4 is 16.8 Å². The highest BCUT2D eigenvalue weighted by atomic mass is 35.5. The van der Waals surface area contributed by atoms with Crippen molar-refractivity contribution in [3.8, 4) is 0 Å². The molecule has 0 aliphatic rings. The summed E-state index contributed by atoms with van der Waals surface area (Å²) in [5.41, 5.74) is 1.15. The molecule has 0 radical (unpaired) electrons. The minimum atomic E-state index is -0.265. The van der Waals surface area contributed by atoms with E-state index in [9.17, 15) is 4.79 Å². The van der Waals surface area contributed by atoms with Crippen molar-refractivity contribution in [3.05, 3.63) is 30.1 Å². The van der Waals surface area contributed by atoms with E-state index in [1.165, 1.54) is 0 Å². The molecule has 0 unspecified atom stereocenters. The van der Waals surface area contributed by atoms with Crippen molar-refractivity contribution in [1.29, 1.82) is 0 Å². The van der Waals surface area contributed by atoms with Crippen molar-refractivity contribution < 1.29 is 4.79 Å². The number of aromatic nitrogens is 1. The average molecular weight is 184 g/mol. The van der Waals surface area contributed by atoms with E-state index < -0.39 is 0 Å². The summed E-state index contributed by atoms with van der Waals surface area (Å²) in [4.78, 5) is 14.3. The van der Waals surface area contributed by atoms with Gasteiger partial charge in [-0.3, -0.25) is 9.78 Å².